The van der Waals surface area contributed by atoms with Gasteiger partial charge in [-0.1, -0.05) is 19.1 Å². The average Bonchev–Trinajstić information content (AvgIpc) is 3.17. The Morgan fingerprint density at radius 2 is 1.85 bits per heavy atom. The second kappa shape index (κ2) is 10.4. The van der Waals surface area contributed by atoms with Crippen molar-refractivity contribution in [2.75, 3.05) is 6.54 Å². The zero-order valence-corrected chi connectivity index (χ0v) is 17.6. The molecule has 180 valence electrons. The van der Waals surface area contributed by atoms with E-state index < -0.39 is 29.4 Å². The topological polar surface area (TPSA) is 134 Å². The van der Waals surface area contributed by atoms with Gasteiger partial charge in [0.05, 0.1) is 6.04 Å². The van der Waals surface area contributed by atoms with Gasteiger partial charge in [-0.05, 0) is 36.6 Å². The number of nitrogens with one attached hydrogen (secondary N) is 2. The lowest BCUT2D eigenvalue weighted by atomic mass is 10.1. The number of benzene rings is 1. The number of aromatic hydroxyl groups is 1. The lowest BCUT2D eigenvalue weighted by Crippen LogP contribution is -2.32. The number of halogens is 4. The van der Waals surface area contributed by atoms with Crippen LogP contribution >= 0.6 is 0 Å². The summed E-state index contributed by atoms with van der Waals surface area (Å²) in [4.78, 5) is 37.9. The number of rotatable bonds is 4. The molecule has 13 heteroatoms. The highest BCUT2D eigenvalue weighted by Gasteiger charge is 2.38. The minimum Gasteiger partial charge on any atom is -0.501 e. The van der Waals surface area contributed by atoms with E-state index in [4.69, 9.17) is 9.90 Å². The third-order valence-corrected chi connectivity index (χ3v) is 4.79. The molecular weight excluding hydrogens is 452 g/mol. The van der Waals surface area contributed by atoms with Crippen molar-refractivity contribution in [3.63, 3.8) is 0 Å². The normalized spacial score (nSPS) is 17.8. The van der Waals surface area contributed by atoms with Crippen LogP contribution in [0.25, 0.3) is 0 Å². The molecule has 33 heavy (non-hydrogen) atoms. The maximum Gasteiger partial charge on any atom is 0.490 e. The Kier molecular flexibility index (Phi) is 8.14. The molecule has 0 saturated carbocycles. The van der Waals surface area contributed by atoms with Crippen LogP contribution < -0.4 is 16.2 Å². The van der Waals surface area contributed by atoms with Gasteiger partial charge < -0.3 is 20.8 Å². The van der Waals surface area contributed by atoms with Crippen molar-refractivity contribution >= 4 is 11.9 Å². The molecule has 1 saturated heterocycles. The average molecular weight is 474 g/mol. The number of carbonyl (C=O) groups is 2. The minimum atomic E-state index is -5.08. The summed E-state index contributed by atoms with van der Waals surface area (Å²) in [7, 11) is 1.52. The Morgan fingerprint density at radius 3 is 2.33 bits per heavy atom. The number of hydrogen-bond acceptors (Lipinski definition) is 6. The monoisotopic (exact) mass is 474 g/mol. The van der Waals surface area contributed by atoms with Crippen molar-refractivity contribution in [2.24, 2.45) is 13.0 Å². The Labute approximate surface area is 185 Å². The molecule has 0 bridgehead atoms. The second-order valence-corrected chi connectivity index (χ2v) is 7.45. The first-order valence-electron chi connectivity index (χ1n) is 9.67. The van der Waals surface area contributed by atoms with Crippen molar-refractivity contribution in [2.45, 2.75) is 32.1 Å². The summed E-state index contributed by atoms with van der Waals surface area (Å²) >= 11 is 0. The highest BCUT2D eigenvalue weighted by molar-refractivity contribution is 5.94. The van der Waals surface area contributed by atoms with Gasteiger partial charge in [-0.15, -0.1) is 0 Å². The van der Waals surface area contributed by atoms with Crippen LogP contribution in [0.2, 0.25) is 0 Å². The highest BCUT2D eigenvalue weighted by Crippen LogP contribution is 2.25. The van der Waals surface area contributed by atoms with Gasteiger partial charge in [0, 0.05) is 13.6 Å². The van der Waals surface area contributed by atoms with Crippen molar-refractivity contribution in [3.05, 3.63) is 57.5 Å². The number of carbonyl (C=O) groups excluding carboxylic acids is 1. The SMILES string of the molecule is C[C@H]1CN[C@H](c2nc(C(=O)NCc3ccc(F)cc3)c(O)c(=O)n2C)C1.O=C(O)C(F)(F)F. The molecule has 1 aliphatic rings. The summed E-state index contributed by atoms with van der Waals surface area (Å²) in [5.41, 5.74) is -0.274. The fourth-order valence-corrected chi connectivity index (χ4v) is 3.05. The zero-order chi connectivity index (χ0) is 24.9. The highest BCUT2D eigenvalue weighted by atomic mass is 19.4. The first kappa shape index (κ1) is 25.8. The van der Waals surface area contributed by atoms with Crippen molar-refractivity contribution in [3.8, 4) is 5.75 Å². The fourth-order valence-electron chi connectivity index (χ4n) is 3.05. The molecule has 3 rings (SSSR count). The van der Waals surface area contributed by atoms with Gasteiger partial charge >= 0.3 is 12.1 Å². The molecule has 4 N–H and O–H groups in total. The maximum atomic E-state index is 12.9. The zero-order valence-electron chi connectivity index (χ0n) is 17.6. The number of carboxylic acids is 1. The Balaban J connectivity index is 0.000000479. The number of nitrogens with zero attached hydrogens (tertiary/aromatic N) is 2. The molecule has 1 aromatic carbocycles. The lowest BCUT2D eigenvalue weighted by molar-refractivity contribution is -0.192. The fraction of sp³-hybridized carbons (Fsp3) is 0.400. The first-order valence-corrected chi connectivity index (χ1v) is 9.67. The number of aliphatic carboxylic acids is 1. The molecule has 2 heterocycles. The molecule has 0 radical (unpaired) electrons. The molecule has 1 aliphatic heterocycles. The summed E-state index contributed by atoms with van der Waals surface area (Å²) in [5, 5.41) is 23.1. The largest absolute Gasteiger partial charge is 0.501 e. The first-order chi connectivity index (χ1) is 15.3. The molecular formula is C20H22F4N4O5. The third kappa shape index (κ3) is 6.75. The van der Waals surface area contributed by atoms with E-state index >= 15 is 0 Å². The number of amides is 1. The minimum absolute atomic E-state index is 0.128. The lowest BCUT2D eigenvalue weighted by Gasteiger charge is -2.16. The number of carboxylic acid groups (broad SMARTS) is 1. The van der Waals surface area contributed by atoms with Gasteiger partial charge in [0.1, 0.15) is 11.6 Å². The summed E-state index contributed by atoms with van der Waals surface area (Å²) in [6.07, 6.45) is -4.29. The van der Waals surface area contributed by atoms with E-state index in [-0.39, 0.29) is 24.1 Å². The predicted octanol–water partition coefficient (Wildman–Crippen LogP) is 1.86. The van der Waals surface area contributed by atoms with Crippen molar-refractivity contribution < 1.29 is 37.4 Å². The molecule has 0 aliphatic carbocycles. The van der Waals surface area contributed by atoms with E-state index in [2.05, 4.69) is 22.5 Å². The van der Waals surface area contributed by atoms with Crippen molar-refractivity contribution in [1.82, 2.24) is 20.2 Å². The van der Waals surface area contributed by atoms with Crippen molar-refractivity contribution in [1.29, 1.82) is 0 Å². The van der Waals surface area contributed by atoms with Crippen LogP contribution in [0.4, 0.5) is 17.6 Å². The molecule has 1 amide bonds. The number of alkyl halides is 3. The van der Waals surface area contributed by atoms with E-state index in [9.17, 15) is 32.3 Å². The van der Waals surface area contributed by atoms with Gasteiger partial charge in [-0.2, -0.15) is 13.2 Å². The standard InChI is InChI=1S/C18H21FN4O3.C2HF3O2/c1-10-7-13(20-8-10)16-22-14(15(24)18(26)23(16)2)17(25)21-9-11-3-5-12(19)6-4-11;3-2(4,5)1(6)7/h3-6,10,13,20,24H,7-9H2,1-2H3,(H,21,25);(H,6,7)/t10-,13+;/m1./s1. The van der Waals surface area contributed by atoms with Gasteiger partial charge in [0.15, 0.2) is 5.69 Å². The summed E-state index contributed by atoms with van der Waals surface area (Å²) in [6, 6.07) is 5.53. The molecule has 2 atom stereocenters. The van der Waals surface area contributed by atoms with Gasteiger partial charge in [0.25, 0.3) is 11.5 Å². The third-order valence-electron chi connectivity index (χ3n) is 4.79. The van der Waals surface area contributed by atoms with Crippen LogP contribution in [0.15, 0.2) is 29.1 Å². The van der Waals surface area contributed by atoms with Gasteiger partial charge in [0.2, 0.25) is 5.75 Å². The van der Waals surface area contributed by atoms with E-state index in [0.29, 0.717) is 17.3 Å². The van der Waals surface area contributed by atoms with Crippen LogP contribution in [0.5, 0.6) is 5.75 Å². The number of hydrogen-bond donors (Lipinski definition) is 4. The summed E-state index contributed by atoms with van der Waals surface area (Å²) in [6.45, 7) is 3.01. The van der Waals surface area contributed by atoms with E-state index in [0.717, 1.165) is 13.0 Å². The van der Waals surface area contributed by atoms with E-state index in [1.54, 1.807) is 12.1 Å². The van der Waals surface area contributed by atoms with Gasteiger partial charge in [-0.3, -0.25) is 14.2 Å². The van der Waals surface area contributed by atoms with Crippen LogP contribution in [0.1, 0.15) is 41.3 Å². The second-order valence-electron chi connectivity index (χ2n) is 7.45. The Bertz CT molecular complexity index is 1070. The quantitative estimate of drug-likeness (QED) is 0.497. The van der Waals surface area contributed by atoms with Crippen LogP contribution in [-0.4, -0.2) is 44.4 Å². The predicted molar refractivity (Wildman–Crippen MR) is 107 cm³/mol. The Morgan fingerprint density at radius 1 is 1.27 bits per heavy atom. The molecule has 0 spiro atoms. The molecule has 1 fully saturated rings. The molecule has 0 unspecified atom stereocenters. The molecule has 1 aromatic heterocycles. The van der Waals surface area contributed by atoms with E-state index in [1.165, 1.54) is 23.7 Å². The Hall–Kier alpha value is -3.48. The van der Waals surface area contributed by atoms with Crippen LogP contribution in [-0.2, 0) is 18.4 Å². The van der Waals surface area contributed by atoms with Gasteiger partial charge in [-0.25, -0.2) is 14.2 Å². The van der Waals surface area contributed by atoms with Crippen LogP contribution in [0, 0.1) is 11.7 Å². The maximum absolute atomic E-state index is 12.9. The summed E-state index contributed by atoms with van der Waals surface area (Å²) < 4.78 is 45.9. The molecule has 9 nitrogen and oxygen atoms in total. The summed E-state index contributed by atoms with van der Waals surface area (Å²) in [5.74, 6) is -3.61. The molecule has 2 aromatic rings. The number of aromatic nitrogens is 2. The van der Waals surface area contributed by atoms with E-state index in [1.807, 2.05) is 0 Å². The smallest absolute Gasteiger partial charge is 0.490 e. The van der Waals surface area contributed by atoms with Crippen LogP contribution in [0.3, 0.4) is 0 Å².